The zero-order chi connectivity index (χ0) is 19.3. The molecule has 1 saturated heterocycles. The van der Waals surface area contributed by atoms with Crippen LogP contribution in [-0.4, -0.2) is 43.9 Å². The van der Waals surface area contributed by atoms with Gasteiger partial charge in [0, 0.05) is 37.7 Å². The highest BCUT2D eigenvalue weighted by molar-refractivity contribution is 7.99. The second kappa shape index (κ2) is 9.12. The number of amides is 1. The van der Waals surface area contributed by atoms with Crippen LogP contribution in [0, 0.1) is 0 Å². The number of aryl methyl sites for hydroxylation is 1. The van der Waals surface area contributed by atoms with Gasteiger partial charge in [-0.3, -0.25) is 4.79 Å². The topological polar surface area (TPSA) is 51.0 Å². The Bertz CT molecular complexity index is 791. The van der Waals surface area contributed by atoms with Crippen LogP contribution in [0.4, 0.5) is 0 Å². The van der Waals surface area contributed by atoms with E-state index in [9.17, 15) is 4.79 Å². The third-order valence-corrected chi connectivity index (χ3v) is 7.13. The first-order valence-corrected chi connectivity index (χ1v) is 11.6. The summed E-state index contributed by atoms with van der Waals surface area (Å²) < 4.78 is 2.35. The monoisotopic (exact) mass is 398 g/mol. The molecule has 0 spiro atoms. The van der Waals surface area contributed by atoms with Gasteiger partial charge in [0.1, 0.15) is 11.6 Å². The van der Waals surface area contributed by atoms with Crippen LogP contribution in [0.3, 0.4) is 0 Å². The van der Waals surface area contributed by atoms with Crippen molar-refractivity contribution in [2.24, 2.45) is 0 Å². The van der Waals surface area contributed by atoms with Crippen LogP contribution in [0.15, 0.2) is 30.3 Å². The van der Waals surface area contributed by atoms with E-state index in [0.29, 0.717) is 5.92 Å². The Morgan fingerprint density at radius 1 is 1.14 bits per heavy atom. The van der Waals surface area contributed by atoms with Crippen molar-refractivity contribution < 1.29 is 4.79 Å². The quantitative estimate of drug-likeness (QED) is 0.763. The molecule has 2 aliphatic heterocycles. The van der Waals surface area contributed by atoms with Crippen LogP contribution in [0.2, 0.25) is 0 Å². The Hall–Kier alpha value is -1.82. The molecule has 1 amide bonds. The number of thioether (sulfide) groups is 1. The van der Waals surface area contributed by atoms with E-state index in [0.717, 1.165) is 56.3 Å². The van der Waals surface area contributed by atoms with Crippen molar-refractivity contribution in [2.75, 3.05) is 13.1 Å². The fourth-order valence-corrected chi connectivity index (χ4v) is 5.25. The Balaban J connectivity index is 1.38. The van der Waals surface area contributed by atoms with Gasteiger partial charge in [-0.2, -0.15) is 0 Å². The smallest absolute Gasteiger partial charge is 0.235 e. The maximum atomic E-state index is 13.0. The van der Waals surface area contributed by atoms with Crippen LogP contribution >= 0.6 is 11.8 Å². The second-order valence-corrected chi connectivity index (χ2v) is 9.33. The predicted octanol–water partition coefficient (Wildman–Crippen LogP) is 4.03. The number of rotatable bonds is 5. The Labute approximate surface area is 171 Å². The lowest BCUT2D eigenvalue weighted by atomic mass is 9.96. The molecule has 2 unspecified atom stereocenters. The zero-order valence-electron chi connectivity index (χ0n) is 16.7. The van der Waals surface area contributed by atoms with Gasteiger partial charge in [0.05, 0.1) is 5.25 Å². The van der Waals surface area contributed by atoms with Gasteiger partial charge in [0.25, 0.3) is 0 Å². The van der Waals surface area contributed by atoms with Gasteiger partial charge in [-0.1, -0.05) is 36.8 Å². The van der Waals surface area contributed by atoms with Gasteiger partial charge >= 0.3 is 0 Å². The SMILES string of the molecule is CC(SCc1ccccc1)C(=O)N1CCCC(c2nnc3n2CCCCC3)C1. The van der Waals surface area contributed by atoms with Crippen molar-refractivity contribution in [3.63, 3.8) is 0 Å². The van der Waals surface area contributed by atoms with Crippen molar-refractivity contribution in [3.05, 3.63) is 47.5 Å². The summed E-state index contributed by atoms with van der Waals surface area (Å²) >= 11 is 1.73. The normalized spacial score (nSPS) is 21.0. The fourth-order valence-electron chi connectivity index (χ4n) is 4.32. The van der Waals surface area contributed by atoms with E-state index in [1.54, 1.807) is 11.8 Å². The fraction of sp³-hybridized carbons (Fsp3) is 0.591. The summed E-state index contributed by atoms with van der Waals surface area (Å²) in [6.45, 7) is 4.73. The summed E-state index contributed by atoms with van der Waals surface area (Å²) in [5.74, 6) is 3.72. The van der Waals surface area contributed by atoms with Crippen molar-refractivity contribution in [1.82, 2.24) is 19.7 Å². The van der Waals surface area contributed by atoms with E-state index in [2.05, 4.69) is 43.9 Å². The van der Waals surface area contributed by atoms with E-state index in [-0.39, 0.29) is 11.2 Å². The summed E-state index contributed by atoms with van der Waals surface area (Å²) in [6, 6.07) is 10.4. The first-order valence-electron chi connectivity index (χ1n) is 10.6. The van der Waals surface area contributed by atoms with Crippen molar-refractivity contribution in [2.45, 2.75) is 68.9 Å². The number of fused-ring (bicyclic) bond motifs is 1. The number of likely N-dealkylation sites (tertiary alicyclic amines) is 1. The van der Waals surface area contributed by atoms with E-state index >= 15 is 0 Å². The minimum Gasteiger partial charge on any atom is -0.341 e. The largest absolute Gasteiger partial charge is 0.341 e. The molecule has 1 fully saturated rings. The molecule has 2 aliphatic rings. The Morgan fingerprint density at radius 3 is 2.86 bits per heavy atom. The summed E-state index contributed by atoms with van der Waals surface area (Å²) in [5, 5.41) is 8.99. The third kappa shape index (κ3) is 4.43. The van der Waals surface area contributed by atoms with Crippen LogP contribution in [0.1, 0.15) is 62.2 Å². The van der Waals surface area contributed by atoms with E-state index in [1.807, 2.05) is 13.0 Å². The van der Waals surface area contributed by atoms with E-state index < -0.39 is 0 Å². The number of carbonyl (C=O) groups excluding carboxylic acids is 1. The third-order valence-electron chi connectivity index (χ3n) is 5.93. The highest BCUT2D eigenvalue weighted by Gasteiger charge is 2.31. The minimum atomic E-state index is -0.0190. The molecule has 1 aromatic heterocycles. The maximum absolute atomic E-state index is 13.0. The first kappa shape index (κ1) is 19.5. The lowest BCUT2D eigenvalue weighted by molar-refractivity contribution is -0.131. The highest BCUT2D eigenvalue weighted by Crippen LogP contribution is 2.29. The van der Waals surface area contributed by atoms with Gasteiger partial charge in [0.15, 0.2) is 0 Å². The van der Waals surface area contributed by atoms with Crippen LogP contribution < -0.4 is 0 Å². The van der Waals surface area contributed by atoms with Gasteiger partial charge < -0.3 is 9.47 Å². The standard InChI is InChI=1S/C22H30N4OS/c1-17(28-16-18-9-4-2-5-10-18)22(27)25-13-8-11-19(15-25)21-24-23-20-12-6-3-7-14-26(20)21/h2,4-5,9-10,17,19H,3,6-8,11-16H2,1H3. The second-order valence-electron chi connectivity index (χ2n) is 8.00. The summed E-state index contributed by atoms with van der Waals surface area (Å²) in [7, 11) is 0. The number of hydrogen-bond acceptors (Lipinski definition) is 4. The van der Waals surface area contributed by atoms with E-state index in [4.69, 9.17) is 0 Å². The lowest BCUT2D eigenvalue weighted by Gasteiger charge is -2.34. The molecular formula is C22H30N4OS. The average Bonchev–Trinajstić information content (AvgIpc) is 3.00. The number of benzene rings is 1. The number of aromatic nitrogens is 3. The van der Waals surface area contributed by atoms with Gasteiger partial charge in [-0.05, 0) is 38.2 Å². The summed E-state index contributed by atoms with van der Waals surface area (Å²) in [4.78, 5) is 15.1. The predicted molar refractivity (Wildman–Crippen MR) is 113 cm³/mol. The molecule has 2 atom stereocenters. The summed E-state index contributed by atoms with van der Waals surface area (Å²) in [5.41, 5.74) is 1.27. The van der Waals surface area contributed by atoms with Crippen LogP contribution in [0.5, 0.6) is 0 Å². The molecule has 28 heavy (non-hydrogen) atoms. The molecule has 1 aromatic carbocycles. The van der Waals surface area contributed by atoms with Gasteiger partial charge in [0.2, 0.25) is 5.91 Å². The molecule has 0 saturated carbocycles. The van der Waals surface area contributed by atoms with Crippen molar-refractivity contribution >= 4 is 17.7 Å². The zero-order valence-corrected chi connectivity index (χ0v) is 17.5. The van der Waals surface area contributed by atoms with Gasteiger partial charge in [-0.25, -0.2) is 0 Å². The molecule has 5 nitrogen and oxygen atoms in total. The van der Waals surface area contributed by atoms with Crippen LogP contribution in [-0.2, 0) is 23.5 Å². The van der Waals surface area contributed by atoms with Crippen LogP contribution in [0.25, 0.3) is 0 Å². The van der Waals surface area contributed by atoms with Crippen molar-refractivity contribution in [3.8, 4) is 0 Å². The minimum absolute atomic E-state index is 0.0190. The molecule has 150 valence electrons. The van der Waals surface area contributed by atoms with E-state index in [1.165, 1.54) is 24.8 Å². The molecule has 0 bridgehead atoms. The van der Waals surface area contributed by atoms with Crippen molar-refractivity contribution in [1.29, 1.82) is 0 Å². The number of piperidine rings is 1. The molecule has 0 aliphatic carbocycles. The molecule has 2 aromatic rings. The molecule has 4 rings (SSSR count). The molecule has 0 radical (unpaired) electrons. The lowest BCUT2D eigenvalue weighted by Crippen LogP contribution is -2.43. The number of hydrogen-bond donors (Lipinski definition) is 0. The average molecular weight is 399 g/mol. The summed E-state index contributed by atoms with van der Waals surface area (Å²) in [6.07, 6.45) is 6.88. The molecule has 3 heterocycles. The Morgan fingerprint density at radius 2 is 2.00 bits per heavy atom. The van der Waals surface area contributed by atoms with Gasteiger partial charge in [-0.15, -0.1) is 22.0 Å². The first-order chi connectivity index (χ1) is 13.7. The maximum Gasteiger partial charge on any atom is 0.235 e. The highest BCUT2D eigenvalue weighted by atomic mass is 32.2. The molecular weight excluding hydrogens is 368 g/mol. The Kier molecular flexibility index (Phi) is 6.35. The number of nitrogens with zero attached hydrogens (tertiary/aromatic N) is 4. The molecule has 6 heteroatoms. The molecule has 0 N–H and O–H groups in total. The number of carbonyl (C=O) groups is 1.